The molecular weight excluding hydrogens is 275 g/mol. The molecular formula is C12H14F3N3O2. The molecule has 2 heterocycles. The monoisotopic (exact) mass is 289 g/mol. The molecule has 0 bridgehead atoms. The first kappa shape index (κ1) is 14.4. The lowest BCUT2D eigenvalue weighted by Crippen LogP contribution is -2.22. The summed E-state index contributed by atoms with van der Waals surface area (Å²) in [6.45, 7) is 1.82. The summed E-state index contributed by atoms with van der Waals surface area (Å²) in [5, 5.41) is 0. The third-order valence-corrected chi connectivity index (χ3v) is 2.70. The number of unbranched alkanes of at least 4 members (excludes halogenated alkanes) is 1. The van der Waals surface area contributed by atoms with Crippen LogP contribution in [-0.2, 0) is 0 Å². The molecule has 0 radical (unpaired) electrons. The number of nitrogens with two attached hydrogens (primary N) is 1. The van der Waals surface area contributed by atoms with E-state index < -0.39 is 18.4 Å². The van der Waals surface area contributed by atoms with E-state index in [9.17, 15) is 13.2 Å². The van der Waals surface area contributed by atoms with Crippen LogP contribution in [0.25, 0.3) is 6.08 Å². The van der Waals surface area contributed by atoms with E-state index in [4.69, 9.17) is 15.2 Å². The van der Waals surface area contributed by atoms with E-state index in [2.05, 4.69) is 9.97 Å². The molecule has 110 valence electrons. The van der Waals surface area contributed by atoms with Crippen molar-refractivity contribution < 1.29 is 22.6 Å². The third kappa shape index (κ3) is 3.12. The standard InChI is InChI=1S/C12H14F3N3O2/c1-2-3-4-19-11-17-9(16)8-5-7(12(13,14)15)6-20-10(8)18-11/h5H,2-4,6H2,1H3,(H2,16,17,18). The smallest absolute Gasteiger partial charge is 0.415 e. The van der Waals surface area contributed by atoms with Crippen molar-refractivity contribution in [1.82, 2.24) is 9.97 Å². The van der Waals surface area contributed by atoms with Gasteiger partial charge in [-0.1, -0.05) is 13.3 Å². The van der Waals surface area contributed by atoms with Crippen LogP contribution in [-0.4, -0.2) is 29.4 Å². The molecule has 0 spiro atoms. The summed E-state index contributed by atoms with van der Waals surface area (Å²) in [5.41, 5.74) is 4.84. The Hall–Kier alpha value is -1.99. The average molecular weight is 289 g/mol. The van der Waals surface area contributed by atoms with Gasteiger partial charge in [0, 0.05) is 0 Å². The molecule has 20 heavy (non-hydrogen) atoms. The van der Waals surface area contributed by atoms with E-state index in [-0.39, 0.29) is 23.3 Å². The van der Waals surface area contributed by atoms with Gasteiger partial charge in [-0.15, -0.1) is 0 Å². The predicted octanol–water partition coefficient (Wildman–Crippen LogP) is 2.58. The summed E-state index contributed by atoms with van der Waals surface area (Å²) in [6, 6.07) is 0.0126. The minimum Gasteiger partial charge on any atom is -0.472 e. The van der Waals surface area contributed by atoms with Crippen molar-refractivity contribution >= 4 is 11.9 Å². The normalized spacial score (nSPS) is 14.3. The molecule has 8 heteroatoms. The number of hydrogen-bond acceptors (Lipinski definition) is 5. The fraction of sp³-hybridized carbons (Fsp3) is 0.500. The highest BCUT2D eigenvalue weighted by molar-refractivity contribution is 5.70. The zero-order valence-corrected chi connectivity index (χ0v) is 10.8. The molecule has 0 aliphatic carbocycles. The zero-order valence-electron chi connectivity index (χ0n) is 10.8. The van der Waals surface area contributed by atoms with Crippen molar-refractivity contribution in [1.29, 1.82) is 0 Å². The van der Waals surface area contributed by atoms with Gasteiger partial charge in [0.1, 0.15) is 12.4 Å². The van der Waals surface area contributed by atoms with Crippen molar-refractivity contribution in [3.05, 3.63) is 11.1 Å². The van der Waals surface area contributed by atoms with Crippen LogP contribution in [0.2, 0.25) is 0 Å². The van der Waals surface area contributed by atoms with Crippen molar-refractivity contribution in [3.63, 3.8) is 0 Å². The maximum absolute atomic E-state index is 12.6. The summed E-state index contributed by atoms with van der Waals surface area (Å²) in [5.74, 6) is -0.0834. The quantitative estimate of drug-likeness (QED) is 0.863. The van der Waals surface area contributed by atoms with Gasteiger partial charge in [-0.2, -0.15) is 23.1 Å². The summed E-state index contributed by atoms with van der Waals surface area (Å²) < 4.78 is 48.0. The second-order valence-corrected chi connectivity index (χ2v) is 4.27. The fourth-order valence-electron chi connectivity index (χ4n) is 1.59. The first-order valence-electron chi connectivity index (χ1n) is 6.12. The summed E-state index contributed by atoms with van der Waals surface area (Å²) in [4.78, 5) is 7.74. The van der Waals surface area contributed by atoms with Gasteiger partial charge in [-0.25, -0.2) is 0 Å². The number of nitrogens with zero attached hydrogens (tertiary/aromatic N) is 2. The van der Waals surface area contributed by atoms with Crippen LogP contribution in [0.3, 0.4) is 0 Å². The molecule has 0 saturated carbocycles. The first-order chi connectivity index (χ1) is 9.41. The molecule has 1 aromatic heterocycles. The van der Waals surface area contributed by atoms with Crippen LogP contribution >= 0.6 is 0 Å². The lowest BCUT2D eigenvalue weighted by atomic mass is 10.1. The Kier molecular flexibility index (Phi) is 4.01. The molecule has 1 aliphatic heterocycles. The van der Waals surface area contributed by atoms with Crippen molar-refractivity contribution in [2.24, 2.45) is 0 Å². The maximum Gasteiger partial charge on any atom is 0.415 e. The van der Waals surface area contributed by atoms with Gasteiger partial charge in [0.05, 0.1) is 17.7 Å². The fourth-order valence-corrected chi connectivity index (χ4v) is 1.59. The Morgan fingerprint density at radius 2 is 2.15 bits per heavy atom. The van der Waals surface area contributed by atoms with E-state index >= 15 is 0 Å². The minimum atomic E-state index is -4.46. The molecule has 0 amide bonds. The summed E-state index contributed by atoms with van der Waals surface area (Å²) >= 11 is 0. The van der Waals surface area contributed by atoms with Gasteiger partial charge in [0.25, 0.3) is 0 Å². The van der Waals surface area contributed by atoms with Crippen LogP contribution < -0.4 is 15.2 Å². The Bertz CT molecular complexity index is 529. The number of halogens is 3. The van der Waals surface area contributed by atoms with Crippen molar-refractivity contribution in [2.75, 3.05) is 18.9 Å². The highest BCUT2D eigenvalue weighted by atomic mass is 19.4. The number of rotatable bonds is 4. The van der Waals surface area contributed by atoms with Crippen LogP contribution in [0, 0.1) is 0 Å². The Morgan fingerprint density at radius 1 is 1.40 bits per heavy atom. The van der Waals surface area contributed by atoms with Gasteiger partial charge in [0.15, 0.2) is 0 Å². The van der Waals surface area contributed by atoms with Crippen molar-refractivity contribution in [3.8, 4) is 11.9 Å². The van der Waals surface area contributed by atoms with Crippen molar-refractivity contribution in [2.45, 2.75) is 25.9 Å². The molecule has 2 N–H and O–H groups in total. The van der Waals surface area contributed by atoms with E-state index in [0.29, 0.717) is 6.61 Å². The van der Waals surface area contributed by atoms with Gasteiger partial charge in [0.2, 0.25) is 5.88 Å². The largest absolute Gasteiger partial charge is 0.472 e. The van der Waals surface area contributed by atoms with E-state index in [1.54, 1.807) is 0 Å². The molecule has 2 rings (SSSR count). The van der Waals surface area contributed by atoms with E-state index in [0.717, 1.165) is 18.9 Å². The number of fused-ring (bicyclic) bond motifs is 1. The highest BCUT2D eigenvalue weighted by Crippen LogP contribution is 2.36. The Balaban J connectivity index is 2.25. The third-order valence-electron chi connectivity index (χ3n) is 2.70. The average Bonchev–Trinajstić information content (AvgIpc) is 2.37. The molecule has 1 aliphatic rings. The lowest BCUT2D eigenvalue weighted by molar-refractivity contribution is -0.0961. The van der Waals surface area contributed by atoms with Crippen LogP contribution in [0.5, 0.6) is 11.9 Å². The second-order valence-electron chi connectivity index (χ2n) is 4.27. The van der Waals surface area contributed by atoms with Gasteiger partial charge >= 0.3 is 12.2 Å². The maximum atomic E-state index is 12.6. The molecule has 0 saturated heterocycles. The minimum absolute atomic E-state index is 0.0111. The molecule has 1 aromatic rings. The van der Waals surface area contributed by atoms with Crippen LogP contribution in [0.15, 0.2) is 5.57 Å². The topological polar surface area (TPSA) is 70.3 Å². The number of hydrogen-bond donors (Lipinski definition) is 1. The lowest BCUT2D eigenvalue weighted by Gasteiger charge is -2.20. The number of anilines is 1. The van der Waals surface area contributed by atoms with Crippen LogP contribution in [0.4, 0.5) is 19.0 Å². The highest BCUT2D eigenvalue weighted by Gasteiger charge is 2.36. The SMILES string of the molecule is CCCCOc1nc(N)c2c(n1)OCC(C(F)(F)F)=C2. The summed E-state index contributed by atoms with van der Waals surface area (Å²) in [6.07, 6.45) is -1.79. The Labute approximate surface area is 113 Å². The van der Waals surface area contributed by atoms with Gasteiger partial charge < -0.3 is 15.2 Å². The molecule has 5 nitrogen and oxygen atoms in total. The molecule has 0 atom stereocenters. The van der Waals surface area contributed by atoms with Gasteiger partial charge in [-0.05, 0) is 12.5 Å². The summed E-state index contributed by atoms with van der Waals surface area (Å²) in [7, 11) is 0. The van der Waals surface area contributed by atoms with Crippen LogP contribution in [0.1, 0.15) is 25.3 Å². The predicted molar refractivity (Wildman–Crippen MR) is 66.4 cm³/mol. The number of ether oxygens (including phenoxy) is 2. The number of nitrogen functional groups attached to an aromatic ring is 1. The van der Waals surface area contributed by atoms with Gasteiger partial charge in [-0.3, -0.25) is 0 Å². The van der Waals surface area contributed by atoms with E-state index in [1.807, 2.05) is 6.92 Å². The number of aromatic nitrogens is 2. The van der Waals surface area contributed by atoms with E-state index in [1.165, 1.54) is 0 Å². The Morgan fingerprint density at radius 3 is 2.80 bits per heavy atom. The molecule has 0 unspecified atom stereocenters. The zero-order chi connectivity index (χ0) is 14.8. The number of alkyl halides is 3. The molecule has 0 aromatic carbocycles. The first-order valence-corrected chi connectivity index (χ1v) is 6.12. The second kappa shape index (κ2) is 5.56. The molecule has 0 fully saturated rings.